The van der Waals surface area contributed by atoms with Crippen LogP contribution in [0.3, 0.4) is 0 Å². The Labute approximate surface area is 159 Å². The molecular weight excluding hydrogens is 359 g/mol. The molecule has 0 bridgehead atoms. The van der Waals surface area contributed by atoms with Crippen LogP contribution in [-0.4, -0.2) is 23.6 Å². The number of hydrogen-bond donors (Lipinski definition) is 0. The Balaban J connectivity index is 0.00000104. The Morgan fingerprint density at radius 1 is 0.960 bits per heavy atom. The summed E-state index contributed by atoms with van der Waals surface area (Å²) in [6.07, 6.45) is 0.838. The number of likely N-dealkylation sites (N-methyl/N-ethyl adjacent to an activating group) is 1. The summed E-state index contributed by atoms with van der Waals surface area (Å²) in [6, 6.07) is 18.4. The van der Waals surface area contributed by atoms with E-state index in [9.17, 15) is 4.79 Å². The van der Waals surface area contributed by atoms with Crippen molar-refractivity contribution in [3.05, 3.63) is 75.9 Å². The minimum absolute atomic E-state index is 0. The molecule has 0 fully saturated rings. The van der Waals surface area contributed by atoms with Crippen molar-refractivity contribution in [2.45, 2.75) is 13.0 Å². The summed E-state index contributed by atoms with van der Waals surface area (Å²) < 4.78 is 2.29. The van der Waals surface area contributed by atoms with Gasteiger partial charge in [-0.1, -0.05) is 42.5 Å². The van der Waals surface area contributed by atoms with E-state index in [4.69, 9.17) is 0 Å². The number of fused-ring (bicyclic) bond motifs is 2. The quantitative estimate of drug-likeness (QED) is 0.685. The number of benzene rings is 2. The SMILES string of the molecule is CN1CCc2c1n(Cc1ccccc1)c1ccccc1c2=O.Cl.Cl.O. The summed E-state index contributed by atoms with van der Waals surface area (Å²) in [6.45, 7) is 1.70. The summed E-state index contributed by atoms with van der Waals surface area (Å²) in [4.78, 5) is 14.9. The van der Waals surface area contributed by atoms with Crippen LogP contribution in [0.5, 0.6) is 0 Å². The third kappa shape index (κ3) is 3.52. The van der Waals surface area contributed by atoms with Crippen LogP contribution < -0.4 is 10.3 Å². The number of pyridine rings is 1. The molecule has 4 rings (SSSR count). The first-order valence-electron chi connectivity index (χ1n) is 7.65. The van der Waals surface area contributed by atoms with Crippen molar-refractivity contribution in [3.8, 4) is 0 Å². The Bertz CT molecular complexity index is 910. The van der Waals surface area contributed by atoms with Gasteiger partial charge in [-0.2, -0.15) is 0 Å². The lowest BCUT2D eigenvalue weighted by Crippen LogP contribution is -2.21. The molecule has 1 aliphatic heterocycles. The first-order chi connectivity index (χ1) is 10.8. The lowest BCUT2D eigenvalue weighted by atomic mass is 10.1. The van der Waals surface area contributed by atoms with E-state index in [2.05, 4.69) is 40.8 Å². The lowest BCUT2D eigenvalue weighted by molar-refractivity contribution is 0.803. The minimum Gasteiger partial charge on any atom is -0.412 e. The zero-order valence-corrected chi connectivity index (χ0v) is 15.6. The highest BCUT2D eigenvalue weighted by Gasteiger charge is 2.24. The molecule has 1 aromatic heterocycles. The zero-order chi connectivity index (χ0) is 15.1. The van der Waals surface area contributed by atoms with E-state index in [1.165, 1.54) is 5.56 Å². The first kappa shape index (κ1) is 21.0. The smallest absolute Gasteiger partial charge is 0.194 e. The van der Waals surface area contributed by atoms with Gasteiger partial charge in [0.05, 0.1) is 5.52 Å². The molecular formula is C19H22Cl2N2O2. The van der Waals surface area contributed by atoms with Crippen molar-refractivity contribution in [1.82, 2.24) is 4.57 Å². The maximum Gasteiger partial charge on any atom is 0.194 e. The van der Waals surface area contributed by atoms with E-state index in [0.717, 1.165) is 41.8 Å². The van der Waals surface area contributed by atoms with Crippen LogP contribution >= 0.6 is 24.8 Å². The van der Waals surface area contributed by atoms with Gasteiger partial charge in [-0.3, -0.25) is 4.79 Å². The van der Waals surface area contributed by atoms with Crippen molar-refractivity contribution in [1.29, 1.82) is 0 Å². The molecule has 0 saturated carbocycles. The molecule has 2 heterocycles. The van der Waals surface area contributed by atoms with Crippen LogP contribution in [-0.2, 0) is 13.0 Å². The van der Waals surface area contributed by atoms with Crippen molar-refractivity contribution < 1.29 is 5.48 Å². The van der Waals surface area contributed by atoms with Crippen LogP contribution in [0.2, 0.25) is 0 Å². The fourth-order valence-electron chi connectivity index (χ4n) is 3.42. The Morgan fingerprint density at radius 2 is 1.60 bits per heavy atom. The fraction of sp³-hybridized carbons (Fsp3) is 0.211. The van der Waals surface area contributed by atoms with Gasteiger partial charge in [-0.25, -0.2) is 0 Å². The molecule has 0 saturated heterocycles. The maximum absolute atomic E-state index is 12.7. The average Bonchev–Trinajstić information content (AvgIpc) is 2.95. The van der Waals surface area contributed by atoms with E-state index in [0.29, 0.717) is 0 Å². The van der Waals surface area contributed by atoms with Gasteiger partial charge in [0.1, 0.15) is 5.82 Å². The van der Waals surface area contributed by atoms with E-state index in [1.54, 1.807) is 0 Å². The van der Waals surface area contributed by atoms with Crippen LogP contribution in [0.15, 0.2) is 59.4 Å². The highest BCUT2D eigenvalue weighted by atomic mass is 35.5. The third-order valence-corrected chi connectivity index (χ3v) is 4.48. The maximum atomic E-state index is 12.7. The van der Waals surface area contributed by atoms with Crippen LogP contribution in [0.25, 0.3) is 10.9 Å². The zero-order valence-electron chi connectivity index (χ0n) is 13.9. The molecule has 2 N–H and O–H groups in total. The minimum atomic E-state index is 0. The van der Waals surface area contributed by atoms with Gasteiger partial charge in [0.2, 0.25) is 0 Å². The molecule has 0 amide bonds. The largest absolute Gasteiger partial charge is 0.412 e. The van der Waals surface area contributed by atoms with Crippen molar-refractivity contribution in [2.75, 3.05) is 18.5 Å². The van der Waals surface area contributed by atoms with Crippen LogP contribution in [0.1, 0.15) is 11.1 Å². The third-order valence-electron chi connectivity index (χ3n) is 4.48. The highest BCUT2D eigenvalue weighted by molar-refractivity contribution is 5.85. The van der Waals surface area contributed by atoms with Crippen molar-refractivity contribution >= 4 is 41.5 Å². The predicted molar refractivity (Wildman–Crippen MR) is 109 cm³/mol. The number of anilines is 1. The van der Waals surface area contributed by atoms with Gasteiger partial charge < -0.3 is 14.9 Å². The molecule has 3 aromatic rings. The molecule has 0 aliphatic carbocycles. The Morgan fingerprint density at radius 3 is 2.32 bits per heavy atom. The summed E-state index contributed by atoms with van der Waals surface area (Å²) in [7, 11) is 2.07. The van der Waals surface area contributed by atoms with E-state index < -0.39 is 0 Å². The second kappa shape index (κ2) is 8.39. The lowest BCUT2D eigenvalue weighted by Gasteiger charge is -2.21. The number of hydrogen-bond acceptors (Lipinski definition) is 2. The summed E-state index contributed by atoms with van der Waals surface area (Å²) >= 11 is 0. The van der Waals surface area contributed by atoms with E-state index >= 15 is 0 Å². The van der Waals surface area contributed by atoms with Crippen molar-refractivity contribution in [3.63, 3.8) is 0 Å². The standard InChI is InChI=1S/C19H18N2O.2ClH.H2O/c1-20-12-11-16-18(22)15-9-5-6-10-17(15)21(19(16)20)13-14-7-3-2-4-8-14;;;/h2-10H,11-13H2,1H3;2*1H;1H2. The summed E-state index contributed by atoms with van der Waals surface area (Å²) in [5, 5.41) is 0.826. The molecule has 25 heavy (non-hydrogen) atoms. The second-order valence-corrected chi connectivity index (χ2v) is 5.89. The Hall–Kier alpha value is -2.01. The number of para-hydroxylation sites is 1. The van der Waals surface area contributed by atoms with Crippen LogP contribution in [0, 0.1) is 0 Å². The molecule has 0 spiro atoms. The molecule has 6 heteroatoms. The molecule has 0 radical (unpaired) electrons. The second-order valence-electron chi connectivity index (χ2n) is 5.89. The molecule has 2 aromatic carbocycles. The number of rotatable bonds is 2. The van der Waals surface area contributed by atoms with Gasteiger partial charge in [-0.05, 0) is 24.1 Å². The van der Waals surface area contributed by atoms with Gasteiger partial charge >= 0.3 is 0 Å². The van der Waals surface area contributed by atoms with Gasteiger partial charge in [0.25, 0.3) is 0 Å². The molecule has 0 unspecified atom stereocenters. The molecule has 0 atom stereocenters. The van der Waals surface area contributed by atoms with Crippen LogP contribution in [0.4, 0.5) is 5.82 Å². The van der Waals surface area contributed by atoms with E-state index in [-0.39, 0.29) is 35.7 Å². The summed E-state index contributed by atoms with van der Waals surface area (Å²) in [5.74, 6) is 1.08. The topological polar surface area (TPSA) is 56.7 Å². The average molecular weight is 381 g/mol. The fourth-order valence-corrected chi connectivity index (χ4v) is 3.42. The first-order valence-corrected chi connectivity index (χ1v) is 7.65. The Kier molecular flexibility index (Phi) is 7.06. The molecule has 4 nitrogen and oxygen atoms in total. The monoisotopic (exact) mass is 380 g/mol. The van der Waals surface area contributed by atoms with Gasteiger partial charge in [0, 0.05) is 31.1 Å². The number of aromatic nitrogens is 1. The summed E-state index contributed by atoms with van der Waals surface area (Å²) in [5.41, 5.74) is 3.42. The van der Waals surface area contributed by atoms with Crippen molar-refractivity contribution in [2.24, 2.45) is 0 Å². The highest BCUT2D eigenvalue weighted by Crippen LogP contribution is 2.29. The number of nitrogens with zero attached hydrogens (tertiary/aromatic N) is 2. The van der Waals surface area contributed by atoms with Gasteiger partial charge in [-0.15, -0.1) is 24.8 Å². The predicted octanol–water partition coefficient (Wildman–Crippen LogP) is 3.06. The normalized spacial score (nSPS) is 12.0. The number of halogens is 2. The van der Waals surface area contributed by atoms with Gasteiger partial charge in [0.15, 0.2) is 5.43 Å². The molecule has 134 valence electrons. The molecule has 1 aliphatic rings. The van der Waals surface area contributed by atoms with E-state index in [1.807, 2.05) is 30.3 Å².